The van der Waals surface area contributed by atoms with Gasteiger partial charge in [-0.2, -0.15) is 0 Å². The minimum Gasteiger partial charge on any atom is -0.329 e. The van der Waals surface area contributed by atoms with E-state index in [-0.39, 0.29) is 0 Å². The first kappa shape index (κ1) is 12.6. The summed E-state index contributed by atoms with van der Waals surface area (Å²) in [5.74, 6) is 0. The average molecular weight is 224 g/mol. The molecule has 0 aromatic heterocycles. The van der Waals surface area contributed by atoms with Crippen LogP contribution in [0.4, 0.5) is 0 Å². The lowest BCUT2D eigenvalue weighted by Gasteiger charge is -2.13. The number of hydrogen-bond donors (Lipinski definition) is 2. The zero-order valence-electron chi connectivity index (χ0n) is 9.49. The van der Waals surface area contributed by atoms with Crippen molar-refractivity contribution < 1.29 is 0 Å². The van der Waals surface area contributed by atoms with E-state index in [4.69, 9.17) is 5.73 Å². The molecule has 0 amide bonds. The van der Waals surface area contributed by atoms with Crippen molar-refractivity contribution in [2.45, 2.75) is 24.3 Å². The van der Waals surface area contributed by atoms with E-state index in [0.29, 0.717) is 12.6 Å². The van der Waals surface area contributed by atoms with Gasteiger partial charge in [-0.1, -0.05) is 12.1 Å². The van der Waals surface area contributed by atoms with Crippen LogP contribution < -0.4 is 11.1 Å². The zero-order chi connectivity index (χ0) is 11.1. The molecule has 84 valence electrons. The maximum absolute atomic E-state index is 5.44. The van der Waals surface area contributed by atoms with E-state index in [1.807, 2.05) is 0 Å². The van der Waals surface area contributed by atoms with Crippen molar-refractivity contribution in [3.05, 3.63) is 29.8 Å². The molecular weight excluding hydrogens is 204 g/mol. The maximum Gasteiger partial charge on any atom is 0.00796 e. The monoisotopic (exact) mass is 224 g/mol. The van der Waals surface area contributed by atoms with Gasteiger partial charge in [0.15, 0.2) is 0 Å². The highest BCUT2D eigenvalue weighted by atomic mass is 32.2. The van der Waals surface area contributed by atoms with Crippen LogP contribution in [0.5, 0.6) is 0 Å². The second-order valence-electron chi connectivity index (χ2n) is 3.70. The Balaban J connectivity index is 2.42. The van der Waals surface area contributed by atoms with Gasteiger partial charge in [0.1, 0.15) is 0 Å². The standard InChI is InChI=1S/C12H20N2S/c1-10(14-8-7-13)9-11-3-5-12(15-2)6-4-11/h3-6,10,14H,7-9,13H2,1-2H3. The lowest BCUT2D eigenvalue weighted by Crippen LogP contribution is -2.32. The minimum absolute atomic E-state index is 0.494. The van der Waals surface area contributed by atoms with Crippen molar-refractivity contribution in [3.8, 4) is 0 Å². The predicted molar refractivity (Wildman–Crippen MR) is 68.4 cm³/mol. The van der Waals surface area contributed by atoms with Crippen LogP contribution in [0.3, 0.4) is 0 Å². The summed E-state index contributed by atoms with van der Waals surface area (Å²) in [6.07, 6.45) is 3.16. The molecule has 0 saturated heterocycles. The molecule has 1 unspecified atom stereocenters. The Labute approximate surface area is 96.6 Å². The minimum atomic E-state index is 0.494. The number of benzene rings is 1. The third-order valence-corrected chi connectivity index (χ3v) is 3.08. The van der Waals surface area contributed by atoms with Crippen LogP contribution in [0.1, 0.15) is 12.5 Å². The molecule has 0 radical (unpaired) electrons. The molecule has 1 atom stereocenters. The Kier molecular flexibility index (Phi) is 5.76. The van der Waals surface area contributed by atoms with Crippen LogP contribution in [0, 0.1) is 0 Å². The molecule has 0 aliphatic carbocycles. The predicted octanol–water partition coefficient (Wildman–Crippen LogP) is 1.89. The fourth-order valence-corrected chi connectivity index (χ4v) is 1.93. The van der Waals surface area contributed by atoms with Gasteiger partial charge in [0.25, 0.3) is 0 Å². The Bertz CT molecular complexity index is 271. The molecule has 0 aliphatic rings. The topological polar surface area (TPSA) is 38.0 Å². The highest BCUT2D eigenvalue weighted by Gasteiger charge is 2.01. The summed E-state index contributed by atoms with van der Waals surface area (Å²) in [4.78, 5) is 1.32. The number of hydrogen-bond acceptors (Lipinski definition) is 3. The van der Waals surface area contributed by atoms with Gasteiger partial charge in [0.2, 0.25) is 0 Å². The van der Waals surface area contributed by atoms with Gasteiger partial charge >= 0.3 is 0 Å². The Hall–Kier alpha value is -0.510. The quantitative estimate of drug-likeness (QED) is 0.725. The van der Waals surface area contributed by atoms with Crippen LogP contribution in [0.15, 0.2) is 29.2 Å². The third-order valence-electron chi connectivity index (χ3n) is 2.34. The second-order valence-corrected chi connectivity index (χ2v) is 4.58. The fourth-order valence-electron chi connectivity index (χ4n) is 1.52. The molecule has 0 spiro atoms. The van der Waals surface area contributed by atoms with Crippen molar-refractivity contribution in [1.82, 2.24) is 5.32 Å². The Morgan fingerprint density at radius 1 is 1.33 bits per heavy atom. The smallest absolute Gasteiger partial charge is 0.00796 e. The van der Waals surface area contributed by atoms with E-state index in [1.54, 1.807) is 11.8 Å². The summed E-state index contributed by atoms with van der Waals surface area (Å²) in [5, 5.41) is 3.38. The Morgan fingerprint density at radius 3 is 2.53 bits per heavy atom. The molecule has 2 nitrogen and oxygen atoms in total. The molecule has 0 heterocycles. The highest BCUT2D eigenvalue weighted by molar-refractivity contribution is 7.98. The van der Waals surface area contributed by atoms with Crippen molar-refractivity contribution in [2.24, 2.45) is 5.73 Å². The molecule has 0 saturated carbocycles. The highest BCUT2D eigenvalue weighted by Crippen LogP contribution is 2.15. The van der Waals surface area contributed by atoms with E-state index in [1.165, 1.54) is 10.5 Å². The first-order chi connectivity index (χ1) is 7.26. The first-order valence-electron chi connectivity index (χ1n) is 5.32. The zero-order valence-corrected chi connectivity index (χ0v) is 10.3. The van der Waals surface area contributed by atoms with Gasteiger partial charge in [0, 0.05) is 24.0 Å². The summed E-state index contributed by atoms with van der Waals surface area (Å²) >= 11 is 1.78. The third kappa shape index (κ3) is 4.69. The van der Waals surface area contributed by atoms with E-state index >= 15 is 0 Å². The van der Waals surface area contributed by atoms with E-state index < -0.39 is 0 Å². The molecular formula is C12H20N2S. The summed E-state index contributed by atoms with van der Waals surface area (Å²) in [5.41, 5.74) is 6.82. The molecule has 0 aliphatic heterocycles. The second kappa shape index (κ2) is 6.88. The lowest BCUT2D eigenvalue weighted by atomic mass is 10.1. The summed E-state index contributed by atoms with van der Waals surface area (Å²) in [6, 6.07) is 9.25. The van der Waals surface area contributed by atoms with E-state index in [9.17, 15) is 0 Å². The maximum atomic E-state index is 5.44. The van der Waals surface area contributed by atoms with Crippen molar-refractivity contribution in [2.75, 3.05) is 19.3 Å². The molecule has 1 aromatic carbocycles. The number of thioether (sulfide) groups is 1. The summed E-state index contributed by atoms with van der Waals surface area (Å²) < 4.78 is 0. The molecule has 15 heavy (non-hydrogen) atoms. The lowest BCUT2D eigenvalue weighted by molar-refractivity contribution is 0.553. The normalized spacial score (nSPS) is 12.7. The van der Waals surface area contributed by atoms with Gasteiger partial charge in [-0.05, 0) is 37.3 Å². The van der Waals surface area contributed by atoms with Crippen LogP contribution >= 0.6 is 11.8 Å². The van der Waals surface area contributed by atoms with Gasteiger partial charge in [-0.15, -0.1) is 11.8 Å². The number of rotatable bonds is 6. The molecule has 3 heteroatoms. The molecule has 1 rings (SSSR count). The van der Waals surface area contributed by atoms with Crippen molar-refractivity contribution in [1.29, 1.82) is 0 Å². The number of nitrogens with two attached hydrogens (primary N) is 1. The van der Waals surface area contributed by atoms with Gasteiger partial charge in [-0.25, -0.2) is 0 Å². The van der Waals surface area contributed by atoms with Crippen LogP contribution in [0.25, 0.3) is 0 Å². The fraction of sp³-hybridized carbons (Fsp3) is 0.500. The SMILES string of the molecule is CSc1ccc(CC(C)NCCN)cc1. The Morgan fingerprint density at radius 2 is 2.00 bits per heavy atom. The van der Waals surface area contributed by atoms with Gasteiger partial charge in [0.05, 0.1) is 0 Å². The number of nitrogens with one attached hydrogen (secondary N) is 1. The summed E-state index contributed by atoms with van der Waals surface area (Å²) in [7, 11) is 0. The van der Waals surface area contributed by atoms with Crippen LogP contribution in [-0.2, 0) is 6.42 Å². The largest absolute Gasteiger partial charge is 0.329 e. The summed E-state index contributed by atoms with van der Waals surface area (Å²) in [6.45, 7) is 3.79. The van der Waals surface area contributed by atoms with Crippen LogP contribution in [0.2, 0.25) is 0 Å². The van der Waals surface area contributed by atoms with E-state index in [0.717, 1.165) is 13.0 Å². The van der Waals surface area contributed by atoms with Gasteiger partial charge < -0.3 is 11.1 Å². The van der Waals surface area contributed by atoms with Crippen molar-refractivity contribution >= 4 is 11.8 Å². The van der Waals surface area contributed by atoms with Gasteiger partial charge in [-0.3, -0.25) is 0 Å². The average Bonchev–Trinajstić information content (AvgIpc) is 2.27. The first-order valence-corrected chi connectivity index (χ1v) is 6.55. The van der Waals surface area contributed by atoms with Crippen LogP contribution in [-0.4, -0.2) is 25.4 Å². The van der Waals surface area contributed by atoms with E-state index in [2.05, 4.69) is 42.8 Å². The van der Waals surface area contributed by atoms with Crippen molar-refractivity contribution in [3.63, 3.8) is 0 Å². The molecule has 1 aromatic rings. The molecule has 0 fully saturated rings. The molecule has 0 bridgehead atoms. The molecule has 3 N–H and O–H groups in total.